The van der Waals surface area contributed by atoms with Gasteiger partial charge in [-0.1, -0.05) is 26.7 Å². The summed E-state index contributed by atoms with van der Waals surface area (Å²) >= 11 is 5.60. The van der Waals surface area contributed by atoms with Gasteiger partial charge in [-0.15, -0.1) is 11.8 Å². The number of nitrogens with two attached hydrogens (primary N) is 1. The minimum absolute atomic E-state index is 0.521. The summed E-state index contributed by atoms with van der Waals surface area (Å²) in [5.74, 6) is 5.84. The van der Waals surface area contributed by atoms with Crippen LogP contribution in [-0.2, 0) is 0 Å². The predicted octanol–water partition coefficient (Wildman–Crippen LogP) is 1.87. The molecule has 0 aliphatic rings. The van der Waals surface area contributed by atoms with E-state index in [0.29, 0.717) is 5.92 Å². The van der Waals surface area contributed by atoms with Crippen molar-refractivity contribution in [2.24, 2.45) is 11.8 Å². The normalized spacial score (nSPS) is 12.4. The molecular formula is C6H14N2S2. The molecule has 0 aromatic rings. The first-order valence-electron chi connectivity index (χ1n) is 3.06. The molecule has 0 fully saturated rings. The Hall–Kier alpha value is 0.200. The first-order chi connectivity index (χ1) is 4.57. The van der Waals surface area contributed by atoms with Crippen molar-refractivity contribution in [3.63, 3.8) is 0 Å². The number of rotatable bonds is 3. The molecule has 0 aromatic heterocycles. The maximum absolute atomic E-state index is 5.31. The summed E-state index contributed by atoms with van der Waals surface area (Å²) in [6.45, 7) is 4.25. The molecule has 4 heteroatoms. The average Bonchev–Trinajstić information content (AvgIpc) is 1.81. The van der Waals surface area contributed by atoms with E-state index in [1.54, 1.807) is 11.8 Å². The summed E-state index contributed by atoms with van der Waals surface area (Å²) < 4.78 is 1.28. The molecule has 0 unspecified atom stereocenters. The Morgan fingerprint density at radius 2 is 2.20 bits per heavy atom. The minimum Gasteiger partial charge on any atom is -0.263 e. The van der Waals surface area contributed by atoms with Gasteiger partial charge in [0.15, 0.2) is 0 Å². The zero-order chi connectivity index (χ0) is 8.15. The van der Waals surface area contributed by atoms with Gasteiger partial charge in [0.1, 0.15) is 0 Å². The fourth-order valence-corrected chi connectivity index (χ4v) is 1.46. The van der Waals surface area contributed by atoms with Gasteiger partial charge in [-0.3, -0.25) is 4.41 Å². The Labute approximate surface area is 72.4 Å². The zero-order valence-corrected chi connectivity index (χ0v) is 8.25. The van der Waals surface area contributed by atoms with E-state index in [0.717, 1.165) is 0 Å². The third kappa shape index (κ3) is 4.09. The van der Waals surface area contributed by atoms with Crippen LogP contribution in [0.3, 0.4) is 0 Å². The number of hydrogen-bond acceptors (Lipinski definition) is 4. The van der Waals surface area contributed by atoms with Gasteiger partial charge in [0, 0.05) is 11.1 Å². The van der Waals surface area contributed by atoms with E-state index in [2.05, 4.69) is 26.7 Å². The van der Waals surface area contributed by atoms with Gasteiger partial charge in [-0.25, -0.2) is 5.84 Å². The van der Waals surface area contributed by atoms with E-state index in [9.17, 15) is 0 Å². The van der Waals surface area contributed by atoms with Crippen LogP contribution in [0.15, 0.2) is 11.1 Å². The summed E-state index contributed by atoms with van der Waals surface area (Å²) in [6, 6.07) is 0. The molecular weight excluding hydrogens is 164 g/mol. The quantitative estimate of drug-likeness (QED) is 0.393. The Bertz CT molecular complexity index is 121. The lowest BCUT2D eigenvalue weighted by atomic mass is 10.2. The van der Waals surface area contributed by atoms with E-state index >= 15 is 0 Å². The lowest BCUT2D eigenvalue weighted by Crippen LogP contribution is -2.13. The highest BCUT2D eigenvalue weighted by atomic mass is 32.2. The molecule has 2 N–H and O–H groups in total. The van der Waals surface area contributed by atoms with Crippen molar-refractivity contribution in [1.29, 1.82) is 0 Å². The molecule has 0 saturated carbocycles. The molecule has 10 heavy (non-hydrogen) atoms. The third-order valence-corrected chi connectivity index (χ3v) is 2.23. The fraction of sp³-hybridized carbons (Fsp3) is 0.667. The molecule has 0 saturated heterocycles. The average molecular weight is 178 g/mol. The van der Waals surface area contributed by atoms with Gasteiger partial charge in [0.05, 0.1) is 0 Å². The highest BCUT2D eigenvalue weighted by Gasteiger charge is 2.00. The summed E-state index contributed by atoms with van der Waals surface area (Å²) in [4.78, 5) is 1.23. The minimum atomic E-state index is 0.521. The highest BCUT2D eigenvalue weighted by Crippen LogP contribution is 2.21. The first-order valence-corrected chi connectivity index (χ1v) is 4.69. The van der Waals surface area contributed by atoms with Crippen LogP contribution >= 0.6 is 24.6 Å². The topological polar surface area (TPSA) is 29.3 Å². The van der Waals surface area contributed by atoms with E-state index < -0.39 is 0 Å². The standard InChI is InChI=1S/C6H14N2S2/c1-5(2)6(10-3)4-8(7)9/h4-5,9H,7H2,1-3H3/b6-4-. The van der Waals surface area contributed by atoms with Gasteiger partial charge < -0.3 is 0 Å². The van der Waals surface area contributed by atoms with E-state index in [-0.39, 0.29) is 0 Å². The number of hydrazine groups is 1. The van der Waals surface area contributed by atoms with Gasteiger partial charge in [0.2, 0.25) is 0 Å². The van der Waals surface area contributed by atoms with Gasteiger partial charge >= 0.3 is 0 Å². The van der Waals surface area contributed by atoms with Crippen LogP contribution in [0.2, 0.25) is 0 Å². The molecule has 0 amide bonds. The van der Waals surface area contributed by atoms with E-state index in [1.165, 1.54) is 9.32 Å². The molecule has 0 rings (SSSR count). The van der Waals surface area contributed by atoms with Crippen LogP contribution in [0.4, 0.5) is 0 Å². The van der Waals surface area contributed by atoms with Crippen molar-refractivity contribution in [3.8, 4) is 0 Å². The molecule has 0 radical (unpaired) electrons. The van der Waals surface area contributed by atoms with Crippen LogP contribution in [0.25, 0.3) is 0 Å². The number of thioether (sulfide) groups is 1. The third-order valence-electron chi connectivity index (χ3n) is 1.06. The van der Waals surface area contributed by atoms with Crippen LogP contribution in [-0.4, -0.2) is 10.7 Å². The Kier molecular flexibility index (Phi) is 5.03. The smallest absolute Gasteiger partial charge is 0.0378 e. The molecule has 0 aromatic carbocycles. The van der Waals surface area contributed by atoms with Crippen LogP contribution in [0.5, 0.6) is 0 Å². The van der Waals surface area contributed by atoms with Crippen molar-refractivity contribution in [2.75, 3.05) is 6.26 Å². The fourth-order valence-electron chi connectivity index (χ4n) is 0.568. The molecule has 0 aliphatic heterocycles. The molecule has 2 nitrogen and oxygen atoms in total. The summed E-state index contributed by atoms with van der Waals surface area (Å²) in [6.07, 6.45) is 3.85. The number of allylic oxidation sites excluding steroid dienone is 1. The SMILES string of the molecule is CS/C(=C\N(N)S)C(C)C. The molecule has 0 spiro atoms. The van der Waals surface area contributed by atoms with Crippen LogP contribution in [0.1, 0.15) is 13.8 Å². The van der Waals surface area contributed by atoms with Crippen molar-refractivity contribution in [3.05, 3.63) is 11.1 Å². The Morgan fingerprint density at radius 1 is 1.70 bits per heavy atom. The van der Waals surface area contributed by atoms with Crippen LogP contribution < -0.4 is 5.84 Å². The number of thiol groups is 1. The highest BCUT2D eigenvalue weighted by molar-refractivity contribution is 8.02. The molecule has 0 heterocycles. The van der Waals surface area contributed by atoms with Crippen molar-refractivity contribution >= 4 is 24.6 Å². The maximum Gasteiger partial charge on any atom is 0.0378 e. The van der Waals surface area contributed by atoms with E-state index in [1.807, 2.05) is 12.5 Å². The molecule has 60 valence electrons. The maximum atomic E-state index is 5.31. The number of nitrogens with zero attached hydrogens (tertiary/aromatic N) is 1. The first kappa shape index (κ1) is 10.2. The summed E-state index contributed by atoms with van der Waals surface area (Å²) in [5.41, 5.74) is 0. The van der Waals surface area contributed by atoms with Crippen molar-refractivity contribution < 1.29 is 0 Å². The van der Waals surface area contributed by atoms with Crippen molar-refractivity contribution in [1.82, 2.24) is 4.41 Å². The summed E-state index contributed by atoms with van der Waals surface area (Å²) in [7, 11) is 0. The van der Waals surface area contributed by atoms with Gasteiger partial charge in [-0.05, 0) is 12.2 Å². The lowest BCUT2D eigenvalue weighted by molar-refractivity contribution is 0.662. The van der Waals surface area contributed by atoms with Crippen molar-refractivity contribution in [2.45, 2.75) is 13.8 Å². The second-order valence-electron chi connectivity index (χ2n) is 2.27. The Balaban J connectivity index is 4.04. The molecule has 0 atom stereocenters. The van der Waals surface area contributed by atoms with Gasteiger partial charge in [-0.2, -0.15) is 0 Å². The summed E-state index contributed by atoms with van der Waals surface area (Å²) in [5, 5.41) is 0. The predicted molar refractivity (Wildman–Crippen MR) is 51.4 cm³/mol. The zero-order valence-electron chi connectivity index (χ0n) is 6.53. The monoisotopic (exact) mass is 178 g/mol. The second-order valence-corrected chi connectivity index (χ2v) is 3.61. The lowest BCUT2D eigenvalue weighted by Gasteiger charge is -2.10. The van der Waals surface area contributed by atoms with Gasteiger partial charge in [0.25, 0.3) is 0 Å². The molecule has 0 bridgehead atoms. The Morgan fingerprint density at radius 3 is 2.30 bits per heavy atom. The number of hydrogen-bond donors (Lipinski definition) is 2. The van der Waals surface area contributed by atoms with E-state index in [4.69, 9.17) is 5.84 Å². The second kappa shape index (κ2) is 4.93. The van der Waals surface area contributed by atoms with Crippen LogP contribution in [0, 0.1) is 5.92 Å². The molecule has 0 aliphatic carbocycles. The largest absolute Gasteiger partial charge is 0.263 e.